The molecule has 1 fully saturated rings. The number of anilines is 1. The number of hydrogen-bond donors (Lipinski definition) is 1. The Bertz CT molecular complexity index is 1310. The van der Waals surface area contributed by atoms with E-state index in [0.717, 1.165) is 36.2 Å². The smallest absolute Gasteiger partial charge is 0.245 e. The van der Waals surface area contributed by atoms with Crippen molar-refractivity contribution in [3.63, 3.8) is 0 Å². The SMILES string of the molecule is Cc1cnc2c(S(=O)(=O)N3CCC(C(=O)Nc4nc5c(s4)CN(C)CC5)CC3)cccc2c1. The zero-order valence-corrected chi connectivity index (χ0v) is 20.4. The first-order valence-electron chi connectivity index (χ1n) is 11.1. The Labute approximate surface area is 197 Å². The monoisotopic (exact) mass is 485 g/mol. The molecule has 1 aromatic carbocycles. The van der Waals surface area contributed by atoms with E-state index in [9.17, 15) is 13.2 Å². The molecule has 0 bridgehead atoms. The van der Waals surface area contributed by atoms with Gasteiger partial charge in [-0.25, -0.2) is 13.4 Å². The predicted molar refractivity (Wildman–Crippen MR) is 129 cm³/mol. The van der Waals surface area contributed by atoms with E-state index >= 15 is 0 Å². The molecule has 1 N–H and O–H groups in total. The number of sulfonamides is 1. The third-order valence-electron chi connectivity index (χ3n) is 6.41. The van der Waals surface area contributed by atoms with Crippen molar-refractivity contribution in [2.24, 2.45) is 5.92 Å². The van der Waals surface area contributed by atoms with Gasteiger partial charge in [-0.15, -0.1) is 11.3 Å². The van der Waals surface area contributed by atoms with Crippen molar-refractivity contribution < 1.29 is 13.2 Å². The number of piperidine rings is 1. The fraction of sp³-hybridized carbons (Fsp3) is 0.435. The van der Waals surface area contributed by atoms with Crippen LogP contribution in [0.4, 0.5) is 5.13 Å². The number of para-hydroxylation sites is 1. The van der Waals surface area contributed by atoms with E-state index in [1.165, 1.54) is 20.5 Å². The van der Waals surface area contributed by atoms with Crippen LogP contribution in [0.25, 0.3) is 10.9 Å². The lowest BCUT2D eigenvalue weighted by molar-refractivity contribution is -0.120. The van der Waals surface area contributed by atoms with E-state index in [0.29, 0.717) is 36.6 Å². The number of likely N-dealkylation sites (N-methyl/N-ethyl adjacent to an activating group) is 1. The molecular formula is C23H27N5O3S2. The maximum Gasteiger partial charge on any atom is 0.245 e. The number of aryl methyl sites for hydroxylation is 1. The molecule has 8 nitrogen and oxygen atoms in total. The first-order valence-corrected chi connectivity index (χ1v) is 13.4. The van der Waals surface area contributed by atoms with Crippen molar-refractivity contribution in [3.8, 4) is 0 Å². The molecule has 1 amide bonds. The number of benzene rings is 1. The summed E-state index contributed by atoms with van der Waals surface area (Å²) in [4.78, 5) is 25.5. The van der Waals surface area contributed by atoms with Crippen LogP contribution in [0.5, 0.6) is 0 Å². The lowest BCUT2D eigenvalue weighted by Gasteiger charge is -2.30. The van der Waals surface area contributed by atoms with Crippen molar-refractivity contribution >= 4 is 43.3 Å². The van der Waals surface area contributed by atoms with Gasteiger partial charge in [-0.1, -0.05) is 12.1 Å². The highest BCUT2D eigenvalue weighted by Crippen LogP contribution is 2.31. The number of nitrogens with one attached hydrogen (secondary N) is 1. The number of pyridine rings is 1. The molecule has 174 valence electrons. The van der Waals surface area contributed by atoms with Crippen LogP contribution in [0.15, 0.2) is 35.4 Å². The first-order chi connectivity index (χ1) is 15.8. The van der Waals surface area contributed by atoms with Gasteiger partial charge in [-0.3, -0.25) is 9.78 Å². The fourth-order valence-electron chi connectivity index (χ4n) is 4.53. The lowest BCUT2D eigenvalue weighted by Crippen LogP contribution is -2.41. The summed E-state index contributed by atoms with van der Waals surface area (Å²) in [6.45, 7) is 4.39. The molecule has 1 saturated heterocycles. The zero-order valence-electron chi connectivity index (χ0n) is 18.7. The molecule has 0 saturated carbocycles. The van der Waals surface area contributed by atoms with Crippen LogP contribution in [0.3, 0.4) is 0 Å². The third kappa shape index (κ3) is 4.40. The Morgan fingerprint density at radius 1 is 1.21 bits per heavy atom. The summed E-state index contributed by atoms with van der Waals surface area (Å²) >= 11 is 1.54. The summed E-state index contributed by atoms with van der Waals surface area (Å²) in [7, 11) is -1.61. The Morgan fingerprint density at radius 2 is 2.00 bits per heavy atom. The largest absolute Gasteiger partial charge is 0.302 e. The van der Waals surface area contributed by atoms with Gasteiger partial charge in [-0.2, -0.15) is 4.31 Å². The Balaban J connectivity index is 1.26. The highest BCUT2D eigenvalue weighted by Gasteiger charge is 2.33. The number of rotatable bonds is 4. The van der Waals surface area contributed by atoms with Gasteiger partial charge in [0.1, 0.15) is 4.90 Å². The molecule has 3 aromatic rings. The average Bonchev–Trinajstić information content (AvgIpc) is 3.19. The number of fused-ring (bicyclic) bond motifs is 2. The normalized spacial score (nSPS) is 18.4. The molecule has 2 aliphatic rings. The maximum atomic E-state index is 13.4. The second kappa shape index (κ2) is 8.75. The second-order valence-electron chi connectivity index (χ2n) is 8.88. The Morgan fingerprint density at radius 3 is 2.79 bits per heavy atom. The fourth-order valence-corrected chi connectivity index (χ4v) is 7.26. The van der Waals surface area contributed by atoms with Gasteiger partial charge < -0.3 is 10.2 Å². The number of hydrogen-bond acceptors (Lipinski definition) is 7. The summed E-state index contributed by atoms with van der Waals surface area (Å²) < 4.78 is 28.2. The molecule has 0 spiro atoms. The Hall–Kier alpha value is -2.40. The number of carbonyl (C=O) groups is 1. The molecule has 0 radical (unpaired) electrons. The summed E-state index contributed by atoms with van der Waals surface area (Å²) in [5.74, 6) is -0.304. The standard InChI is InChI=1S/C23H27N5O3S2/c1-15-12-17-4-3-5-20(21(17)24-13-15)33(30,31)28-10-6-16(7-11-28)22(29)26-23-25-18-8-9-27(2)14-19(18)32-23/h3-5,12-13,16H,6-11,14H2,1-2H3,(H,25,26,29). The van der Waals surface area contributed by atoms with Crippen molar-refractivity contribution in [2.75, 3.05) is 32.0 Å². The molecule has 0 atom stereocenters. The molecule has 10 heteroatoms. The molecule has 4 heterocycles. The molecular weight excluding hydrogens is 458 g/mol. The minimum Gasteiger partial charge on any atom is -0.302 e. The minimum absolute atomic E-state index is 0.0752. The van der Waals surface area contributed by atoms with E-state index < -0.39 is 10.0 Å². The van der Waals surface area contributed by atoms with Crippen LogP contribution in [0.2, 0.25) is 0 Å². The summed E-state index contributed by atoms with van der Waals surface area (Å²) in [6, 6.07) is 7.17. The van der Waals surface area contributed by atoms with Crippen molar-refractivity contribution in [3.05, 3.63) is 46.6 Å². The quantitative estimate of drug-likeness (QED) is 0.610. The van der Waals surface area contributed by atoms with Gasteiger partial charge in [0.15, 0.2) is 5.13 Å². The minimum atomic E-state index is -3.69. The average molecular weight is 486 g/mol. The van der Waals surface area contributed by atoms with E-state index in [2.05, 4.69) is 27.2 Å². The van der Waals surface area contributed by atoms with Crippen molar-refractivity contribution in [1.82, 2.24) is 19.2 Å². The summed E-state index contributed by atoms with van der Waals surface area (Å²) in [5, 5.41) is 4.42. The van der Waals surface area contributed by atoms with Gasteiger partial charge in [-0.05, 0) is 44.5 Å². The van der Waals surface area contributed by atoms with Crippen molar-refractivity contribution in [2.45, 2.75) is 37.6 Å². The second-order valence-corrected chi connectivity index (χ2v) is 11.9. The van der Waals surface area contributed by atoms with Gasteiger partial charge in [0.05, 0.1) is 11.2 Å². The van der Waals surface area contributed by atoms with Crippen molar-refractivity contribution in [1.29, 1.82) is 0 Å². The van der Waals surface area contributed by atoms with Crippen LogP contribution >= 0.6 is 11.3 Å². The number of amides is 1. The van der Waals surface area contributed by atoms with Crippen LogP contribution in [0.1, 0.15) is 29.0 Å². The topological polar surface area (TPSA) is 95.5 Å². The maximum absolute atomic E-state index is 13.4. The predicted octanol–water partition coefficient (Wildman–Crippen LogP) is 3.03. The van der Waals surface area contributed by atoms with Crippen LogP contribution in [-0.4, -0.2) is 60.2 Å². The number of carbonyl (C=O) groups excluding carboxylic acids is 1. The number of thiazole rings is 1. The van der Waals surface area contributed by atoms with Crippen LogP contribution in [-0.2, 0) is 27.8 Å². The molecule has 0 aliphatic carbocycles. The van der Waals surface area contributed by atoms with Crippen LogP contribution < -0.4 is 5.32 Å². The molecule has 33 heavy (non-hydrogen) atoms. The lowest BCUT2D eigenvalue weighted by atomic mass is 9.97. The number of aromatic nitrogens is 2. The zero-order chi connectivity index (χ0) is 23.2. The highest BCUT2D eigenvalue weighted by molar-refractivity contribution is 7.89. The first kappa shape index (κ1) is 22.4. The number of nitrogens with zero attached hydrogens (tertiary/aromatic N) is 4. The van der Waals surface area contributed by atoms with E-state index in [4.69, 9.17) is 0 Å². The summed E-state index contributed by atoms with van der Waals surface area (Å²) in [6.07, 6.45) is 3.55. The molecule has 5 rings (SSSR count). The van der Waals surface area contributed by atoms with E-state index in [1.807, 2.05) is 19.1 Å². The van der Waals surface area contributed by atoms with Gasteiger partial charge in [0.25, 0.3) is 0 Å². The van der Waals surface area contributed by atoms with E-state index in [-0.39, 0.29) is 16.7 Å². The highest BCUT2D eigenvalue weighted by atomic mass is 32.2. The molecule has 2 aliphatic heterocycles. The Kier molecular flexibility index (Phi) is 5.94. The van der Waals surface area contributed by atoms with Gasteiger partial charge >= 0.3 is 0 Å². The van der Waals surface area contributed by atoms with Crippen LogP contribution in [0, 0.1) is 12.8 Å². The molecule has 0 unspecified atom stereocenters. The molecule has 2 aromatic heterocycles. The van der Waals surface area contributed by atoms with E-state index in [1.54, 1.807) is 18.3 Å². The van der Waals surface area contributed by atoms with Gasteiger partial charge in [0, 0.05) is 55.0 Å². The van der Waals surface area contributed by atoms with Gasteiger partial charge in [0.2, 0.25) is 15.9 Å². The summed E-state index contributed by atoms with van der Waals surface area (Å²) in [5.41, 5.74) is 2.55. The third-order valence-corrected chi connectivity index (χ3v) is 9.33.